The van der Waals surface area contributed by atoms with Crippen LogP contribution in [0.1, 0.15) is 25.0 Å². The number of hydrogen-bond donors (Lipinski definition) is 0. The highest BCUT2D eigenvalue weighted by Crippen LogP contribution is 2.20. The van der Waals surface area contributed by atoms with Gasteiger partial charge >= 0.3 is 0 Å². The Hall–Kier alpha value is -1.18. The molecule has 1 aromatic rings. The maximum atomic E-state index is 10.3. The molecular weight excluding hydrogens is 150 g/mol. The van der Waals surface area contributed by atoms with Gasteiger partial charge in [0.1, 0.15) is 5.69 Å². The average molecular weight is 162 g/mol. The second-order valence-electron chi connectivity index (χ2n) is 2.65. The van der Waals surface area contributed by atoms with Crippen molar-refractivity contribution in [3.05, 3.63) is 34.2 Å². The van der Waals surface area contributed by atoms with Crippen molar-refractivity contribution < 1.29 is 0 Å². The predicted octanol–water partition coefficient (Wildman–Crippen LogP) is 3.01. The van der Waals surface area contributed by atoms with Crippen LogP contribution in [-0.4, -0.2) is 0 Å². The Morgan fingerprint density at radius 1 is 1.33 bits per heavy atom. The first-order valence-corrected chi connectivity index (χ1v) is 4.19. The van der Waals surface area contributed by atoms with E-state index in [4.69, 9.17) is 0 Å². The minimum atomic E-state index is 0.523. The van der Waals surface area contributed by atoms with Gasteiger partial charge in [-0.05, 0) is 41.3 Å². The van der Waals surface area contributed by atoms with E-state index >= 15 is 0 Å². The first-order chi connectivity index (χ1) is 5.81. The molecular formula is C10H12NO. The Labute approximate surface area is 72.6 Å². The molecule has 2 nitrogen and oxygen atoms in total. The lowest BCUT2D eigenvalue weighted by molar-refractivity contribution is 1.08. The third kappa shape index (κ3) is 1.70. The lowest BCUT2D eigenvalue weighted by atomic mass is 10.1. The van der Waals surface area contributed by atoms with Gasteiger partial charge in [-0.2, -0.15) is 0 Å². The summed E-state index contributed by atoms with van der Waals surface area (Å²) in [6.07, 6.45) is 1.76. The monoisotopic (exact) mass is 162 g/mol. The van der Waals surface area contributed by atoms with Crippen molar-refractivity contribution in [2.45, 2.75) is 26.7 Å². The molecule has 0 saturated heterocycles. The van der Waals surface area contributed by atoms with Crippen LogP contribution in [0.5, 0.6) is 0 Å². The molecule has 1 radical (unpaired) electrons. The molecule has 0 unspecified atom stereocenters. The smallest absolute Gasteiger partial charge is 0.111 e. The van der Waals surface area contributed by atoms with Crippen LogP contribution in [0.25, 0.3) is 0 Å². The lowest BCUT2D eigenvalue weighted by Gasteiger charge is -2.01. The van der Waals surface area contributed by atoms with E-state index in [2.05, 4.69) is 18.2 Å². The number of benzene rings is 1. The van der Waals surface area contributed by atoms with Gasteiger partial charge in [0.25, 0.3) is 0 Å². The highest BCUT2D eigenvalue weighted by Gasteiger charge is 2.01. The molecule has 12 heavy (non-hydrogen) atoms. The summed E-state index contributed by atoms with van der Waals surface area (Å²) in [6.45, 7) is 4.07. The second-order valence-corrected chi connectivity index (χ2v) is 2.65. The van der Waals surface area contributed by atoms with Gasteiger partial charge in [0, 0.05) is 0 Å². The molecule has 0 aliphatic carbocycles. The number of nitrogens with zero attached hydrogens (tertiary/aromatic N) is 1. The van der Waals surface area contributed by atoms with E-state index in [1.165, 1.54) is 0 Å². The first-order valence-electron chi connectivity index (χ1n) is 4.19. The predicted molar refractivity (Wildman–Crippen MR) is 49.5 cm³/mol. The van der Waals surface area contributed by atoms with Crippen LogP contribution < -0.4 is 0 Å². The molecule has 1 aromatic carbocycles. The molecule has 0 amide bonds. The molecule has 2 heteroatoms. The normalized spacial score (nSPS) is 9.83. The maximum Gasteiger partial charge on any atom is 0.111 e. The summed E-state index contributed by atoms with van der Waals surface area (Å²) in [6, 6.07) is 6.83. The Morgan fingerprint density at radius 3 is 2.58 bits per heavy atom. The van der Waals surface area contributed by atoms with Crippen molar-refractivity contribution in [2.75, 3.05) is 0 Å². The van der Waals surface area contributed by atoms with E-state index in [1.54, 1.807) is 6.07 Å². The van der Waals surface area contributed by atoms with Gasteiger partial charge in [0.15, 0.2) is 0 Å². The Balaban J connectivity index is 3.10. The number of aryl methyl sites for hydroxylation is 2. The Kier molecular flexibility index (Phi) is 2.97. The molecule has 0 heterocycles. The molecule has 0 saturated carbocycles. The molecule has 0 N–H and O–H groups in total. The minimum absolute atomic E-state index is 0.523. The molecule has 0 aliphatic heterocycles. The number of rotatable bonds is 3. The van der Waals surface area contributed by atoms with E-state index in [-0.39, 0.29) is 0 Å². The van der Waals surface area contributed by atoms with E-state index in [0.717, 1.165) is 24.0 Å². The van der Waals surface area contributed by atoms with Crippen molar-refractivity contribution in [1.82, 2.24) is 0 Å². The molecule has 0 aromatic heterocycles. The van der Waals surface area contributed by atoms with Crippen LogP contribution in [-0.2, 0) is 12.8 Å². The van der Waals surface area contributed by atoms with Crippen molar-refractivity contribution >= 4 is 5.69 Å². The summed E-state index contributed by atoms with van der Waals surface area (Å²) in [5, 5.41) is 2.94. The molecule has 1 rings (SSSR count). The highest BCUT2D eigenvalue weighted by molar-refractivity contribution is 5.46. The summed E-state index contributed by atoms with van der Waals surface area (Å²) < 4.78 is 0. The van der Waals surface area contributed by atoms with E-state index in [0.29, 0.717) is 5.69 Å². The third-order valence-electron chi connectivity index (χ3n) is 1.90. The fourth-order valence-corrected chi connectivity index (χ4v) is 1.14. The van der Waals surface area contributed by atoms with Crippen LogP contribution in [0, 0.1) is 11.0 Å². The summed E-state index contributed by atoms with van der Waals surface area (Å²) >= 11 is 0. The van der Waals surface area contributed by atoms with Gasteiger partial charge in [0.2, 0.25) is 0 Å². The fraction of sp³-hybridized carbons (Fsp3) is 0.400. The molecule has 0 fully saturated rings. The van der Waals surface area contributed by atoms with Crippen LogP contribution in [0.15, 0.2) is 17.3 Å². The van der Waals surface area contributed by atoms with Gasteiger partial charge < -0.3 is 0 Å². The van der Waals surface area contributed by atoms with Crippen LogP contribution >= 0.6 is 0 Å². The topological polar surface area (TPSA) is 29.4 Å². The van der Waals surface area contributed by atoms with E-state index in [1.807, 2.05) is 13.0 Å². The van der Waals surface area contributed by atoms with Gasteiger partial charge in [-0.15, -0.1) is 4.91 Å². The van der Waals surface area contributed by atoms with Crippen molar-refractivity contribution in [2.24, 2.45) is 5.18 Å². The number of nitroso groups, excluding NO2 is 1. The quantitative estimate of drug-likeness (QED) is 0.628. The lowest BCUT2D eigenvalue weighted by Crippen LogP contribution is -1.86. The Morgan fingerprint density at radius 2 is 2.08 bits per heavy atom. The molecule has 0 aliphatic rings. The summed E-state index contributed by atoms with van der Waals surface area (Å²) in [7, 11) is 0. The zero-order valence-electron chi connectivity index (χ0n) is 7.42. The Bertz CT molecular complexity index is 281. The fourth-order valence-electron chi connectivity index (χ4n) is 1.14. The molecule has 63 valence electrons. The summed E-state index contributed by atoms with van der Waals surface area (Å²) in [4.78, 5) is 10.3. The van der Waals surface area contributed by atoms with Crippen LogP contribution in [0.4, 0.5) is 5.69 Å². The second kappa shape index (κ2) is 4.00. The minimum Gasteiger partial charge on any atom is -0.145 e. The summed E-state index contributed by atoms with van der Waals surface area (Å²) in [5.41, 5.74) is 2.58. The highest BCUT2D eigenvalue weighted by atomic mass is 16.3. The van der Waals surface area contributed by atoms with E-state index < -0.39 is 0 Å². The van der Waals surface area contributed by atoms with Gasteiger partial charge in [-0.1, -0.05) is 19.9 Å². The molecule has 0 spiro atoms. The van der Waals surface area contributed by atoms with Gasteiger partial charge in [-0.3, -0.25) is 0 Å². The largest absolute Gasteiger partial charge is 0.145 e. The van der Waals surface area contributed by atoms with Gasteiger partial charge in [-0.25, -0.2) is 0 Å². The zero-order valence-corrected chi connectivity index (χ0v) is 7.42. The van der Waals surface area contributed by atoms with Crippen molar-refractivity contribution in [3.63, 3.8) is 0 Å². The average Bonchev–Trinajstić information content (AvgIpc) is 2.16. The van der Waals surface area contributed by atoms with Gasteiger partial charge in [0.05, 0.1) is 0 Å². The van der Waals surface area contributed by atoms with Crippen molar-refractivity contribution in [3.8, 4) is 0 Å². The van der Waals surface area contributed by atoms with Crippen LogP contribution in [0.2, 0.25) is 0 Å². The standard InChI is InChI=1S/C10H12NO/c1-3-8-5-6-10(11-12)9(4-2)7-8/h5-6H,3-4H2,1-2H3. The van der Waals surface area contributed by atoms with Crippen molar-refractivity contribution in [1.29, 1.82) is 0 Å². The maximum absolute atomic E-state index is 10.3. The van der Waals surface area contributed by atoms with E-state index in [9.17, 15) is 4.91 Å². The summed E-state index contributed by atoms with van der Waals surface area (Å²) in [5.74, 6) is 0. The zero-order chi connectivity index (χ0) is 8.97. The first kappa shape index (κ1) is 8.91. The van der Waals surface area contributed by atoms with Crippen LogP contribution in [0.3, 0.4) is 0 Å². The third-order valence-corrected chi connectivity index (χ3v) is 1.90. The molecule has 0 bridgehead atoms. The SMILES string of the molecule is CCc1[c]c(CC)c(N=O)cc1. The molecule has 0 atom stereocenters. The number of hydrogen-bond acceptors (Lipinski definition) is 2.